The molecular formula is C20H25ClN2O. The molecule has 0 saturated carbocycles. The van der Waals surface area contributed by atoms with E-state index < -0.39 is 0 Å². The van der Waals surface area contributed by atoms with Gasteiger partial charge in [-0.1, -0.05) is 24.3 Å². The summed E-state index contributed by atoms with van der Waals surface area (Å²) in [5.41, 5.74) is 3.81. The Balaban J connectivity index is 0.00000169. The van der Waals surface area contributed by atoms with Gasteiger partial charge in [0.15, 0.2) is 0 Å². The molecule has 2 N–H and O–H groups in total. The molecule has 128 valence electrons. The van der Waals surface area contributed by atoms with Crippen LogP contribution in [0.4, 0.5) is 5.69 Å². The molecule has 1 aliphatic carbocycles. The number of rotatable bonds is 4. The molecule has 0 unspecified atom stereocenters. The normalized spacial score (nSPS) is 16.8. The number of nitrogens with one attached hydrogen (secondary N) is 2. The summed E-state index contributed by atoms with van der Waals surface area (Å²) in [5.74, 6) is 0.858. The van der Waals surface area contributed by atoms with Gasteiger partial charge in [0.05, 0.1) is 0 Å². The fraction of sp³-hybridized carbons (Fsp3) is 0.450. The fourth-order valence-electron chi connectivity index (χ4n) is 4.07. The van der Waals surface area contributed by atoms with Crippen LogP contribution in [0.2, 0.25) is 0 Å². The van der Waals surface area contributed by atoms with Crippen LogP contribution in [0, 0.1) is 5.92 Å². The fourth-order valence-corrected chi connectivity index (χ4v) is 4.07. The minimum absolute atomic E-state index is 0. The second-order valence-corrected chi connectivity index (χ2v) is 6.89. The lowest BCUT2D eigenvalue weighted by atomic mass is 9.93. The second-order valence-electron chi connectivity index (χ2n) is 6.89. The number of benzene rings is 2. The summed E-state index contributed by atoms with van der Waals surface area (Å²) < 4.78 is 0. The Hall–Kier alpha value is -1.58. The number of hydrogen-bond donors (Lipinski definition) is 2. The number of piperidine rings is 1. The van der Waals surface area contributed by atoms with Crippen LogP contribution in [0.1, 0.15) is 36.8 Å². The maximum atomic E-state index is 12.4. The van der Waals surface area contributed by atoms with Crippen molar-refractivity contribution in [3.63, 3.8) is 0 Å². The van der Waals surface area contributed by atoms with Gasteiger partial charge in [-0.3, -0.25) is 4.79 Å². The highest BCUT2D eigenvalue weighted by molar-refractivity contribution is 6.05. The van der Waals surface area contributed by atoms with Gasteiger partial charge in [-0.05, 0) is 73.7 Å². The first-order chi connectivity index (χ1) is 11.3. The van der Waals surface area contributed by atoms with Crippen LogP contribution >= 0.6 is 12.4 Å². The monoisotopic (exact) mass is 344 g/mol. The van der Waals surface area contributed by atoms with Gasteiger partial charge in [-0.15, -0.1) is 12.4 Å². The van der Waals surface area contributed by atoms with E-state index in [4.69, 9.17) is 0 Å². The average Bonchev–Trinajstić information content (AvgIpc) is 3.01. The molecule has 0 radical (unpaired) electrons. The molecule has 1 saturated heterocycles. The molecule has 24 heavy (non-hydrogen) atoms. The van der Waals surface area contributed by atoms with Gasteiger partial charge < -0.3 is 10.6 Å². The summed E-state index contributed by atoms with van der Waals surface area (Å²) >= 11 is 0. The van der Waals surface area contributed by atoms with Crippen molar-refractivity contribution in [2.45, 2.75) is 38.5 Å². The lowest BCUT2D eigenvalue weighted by molar-refractivity contribution is -0.116. The minimum atomic E-state index is 0. The molecule has 0 spiro atoms. The van der Waals surface area contributed by atoms with E-state index in [-0.39, 0.29) is 18.3 Å². The summed E-state index contributed by atoms with van der Waals surface area (Å²) in [6.07, 6.45) is 6.30. The van der Waals surface area contributed by atoms with Crippen LogP contribution in [0.5, 0.6) is 0 Å². The van der Waals surface area contributed by atoms with E-state index in [2.05, 4.69) is 41.0 Å². The lowest BCUT2D eigenvalue weighted by Gasteiger charge is -2.22. The zero-order valence-electron chi connectivity index (χ0n) is 13.9. The van der Waals surface area contributed by atoms with E-state index in [0.29, 0.717) is 12.3 Å². The van der Waals surface area contributed by atoms with Gasteiger partial charge in [-0.25, -0.2) is 0 Å². The first kappa shape index (κ1) is 17.2. The number of carbonyl (C=O) groups excluding carboxylic acids is 1. The van der Waals surface area contributed by atoms with Crippen LogP contribution < -0.4 is 10.6 Å². The predicted octanol–water partition coefficient (Wildman–Crippen LogP) is 4.08. The lowest BCUT2D eigenvalue weighted by Crippen LogP contribution is -2.28. The van der Waals surface area contributed by atoms with Crippen molar-refractivity contribution in [1.82, 2.24) is 5.32 Å². The highest BCUT2D eigenvalue weighted by Gasteiger charge is 2.18. The first-order valence-corrected chi connectivity index (χ1v) is 8.85. The van der Waals surface area contributed by atoms with E-state index in [1.807, 2.05) is 0 Å². The Labute approximate surface area is 149 Å². The van der Waals surface area contributed by atoms with E-state index in [1.165, 1.54) is 34.7 Å². The molecule has 1 heterocycles. The molecule has 3 nitrogen and oxygen atoms in total. The molecule has 1 amide bonds. The summed E-state index contributed by atoms with van der Waals surface area (Å²) in [7, 11) is 0. The molecule has 0 atom stereocenters. The van der Waals surface area contributed by atoms with Crippen molar-refractivity contribution < 1.29 is 4.79 Å². The molecule has 2 aliphatic rings. The molecule has 4 rings (SSSR count). The Kier molecular flexibility index (Phi) is 5.42. The van der Waals surface area contributed by atoms with Crippen molar-refractivity contribution in [3.05, 3.63) is 41.5 Å². The van der Waals surface area contributed by atoms with Gasteiger partial charge in [0.1, 0.15) is 0 Å². The van der Waals surface area contributed by atoms with E-state index in [9.17, 15) is 4.79 Å². The molecule has 1 aliphatic heterocycles. The van der Waals surface area contributed by atoms with Crippen LogP contribution in [0.15, 0.2) is 30.3 Å². The topological polar surface area (TPSA) is 41.1 Å². The van der Waals surface area contributed by atoms with E-state index in [1.54, 1.807) is 0 Å². The number of aryl methyl sites for hydroxylation is 2. The third-order valence-corrected chi connectivity index (χ3v) is 5.39. The highest BCUT2D eigenvalue weighted by Crippen LogP contribution is 2.35. The van der Waals surface area contributed by atoms with Crippen molar-refractivity contribution in [1.29, 1.82) is 0 Å². The smallest absolute Gasteiger partial charge is 0.224 e. The standard InChI is InChI=1S/C20H24N2O.ClH/c23-19(9-4-14-10-12-21-13-11-14)22-18-8-7-16-6-5-15-2-1-3-17(18)20(15)16;/h1-3,7-8,14,21H,4-6,9-13H2,(H,22,23);1H. The predicted molar refractivity (Wildman–Crippen MR) is 102 cm³/mol. The van der Waals surface area contributed by atoms with Gasteiger partial charge in [0.2, 0.25) is 5.91 Å². The van der Waals surface area contributed by atoms with Crippen molar-refractivity contribution in [3.8, 4) is 0 Å². The van der Waals surface area contributed by atoms with Gasteiger partial charge in [0.25, 0.3) is 0 Å². The molecule has 4 heteroatoms. The van der Waals surface area contributed by atoms with Crippen LogP contribution in [0.25, 0.3) is 10.8 Å². The molecule has 2 aromatic carbocycles. The first-order valence-electron chi connectivity index (χ1n) is 8.85. The Morgan fingerprint density at radius 1 is 1.08 bits per heavy atom. The Bertz CT molecular complexity index is 727. The highest BCUT2D eigenvalue weighted by atomic mass is 35.5. The maximum absolute atomic E-state index is 12.4. The maximum Gasteiger partial charge on any atom is 0.224 e. The minimum Gasteiger partial charge on any atom is -0.326 e. The molecule has 0 bridgehead atoms. The van der Waals surface area contributed by atoms with E-state index >= 15 is 0 Å². The summed E-state index contributed by atoms with van der Waals surface area (Å²) in [6.45, 7) is 2.20. The van der Waals surface area contributed by atoms with Crippen molar-refractivity contribution in [2.75, 3.05) is 18.4 Å². The zero-order chi connectivity index (χ0) is 15.6. The third-order valence-electron chi connectivity index (χ3n) is 5.39. The van der Waals surface area contributed by atoms with E-state index in [0.717, 1.165) is 38.0 Å². The Morgan fingerprint density at radius 2 is 1.83 bits per heavy atom. The number of carbonyl (C=O) groups is 1. The van der Waals surface area contributed by atoms with Crippen molar-refractivity contribution >= 4 is 34.8 Å². The van der Waals surface area contributed by atoms with Gasteiger partial charge in [-0.2, -0.15) is 0 Å². The summed E-state index contributed by atoms with van der Waals surface area (Å²) in [6, 6.07) is 10.7. The molecule has 1 fully saturated rings. The molecule has 0 aromatic heterocycles. The quantitative estimate of drug-likeness (QED) is 0.877. The number of halogens is 1. The van der Waals surface area contributed by atoms with Crippen LogP contribution in [-0.2, 0) is 17.6 Å². The SMILES string of the molecule is Cl.O=C(CCC1CCNCC1)Nc1ccc2c3c(cccc13)CC2. The van der Waals surface area contributed by atoms with Gasteiger partial charge >= 0.3 is 0 Å². The number of anilines is 1. The van der Waals surface area contributed by atoms with Crippen LogP contribution in [-0.4, -0.2) is 19.0 Å². The zero-order valence-corrected chi connectivity index (χ0v) is 14.8. The second kappa shape index (κ2) is 7.54. The molecular weight excluding hydrogens is 320 g/mol. The largest absolute Gasteiger partial charge is 0.326 e. The van der Waals surface area contributed by atoms with Crippen molar-refractivity contribution in [2.24, 2.45) is 5.92 Å². The van der Waals surface area contributed by atoms with Gasteiger partial charge in [0, 0.05) is 17.5 Å². The summed E-state index contributed by atoms with van der Waals surface area (Å²) in [4.78, 5) is 12.4. The Morgan fingerprint density at radius 3 is 2.62 bits per heavy atom. The molecule has 2 aromatic rings. The number of amides is 1. The average molecular weight is 345 g/mol. The summed E-state index contributed by atoms with van der Waals surface area (Å²) in [5, 5.41) is 9.10. The third kappa shape index (κ3) is 3.42. The van der Waals surface area contributed by atoms with Crippen LogP contribution in [0.3, 0.4) is 0 Å². The number of hydrogen-bond acceptors (Lipinski definition) is 2.